The van der Waals surface area contributed by atoms with Gasteiger partial charge in [0.2, 0.25) is 21.8 Å². The van der Waals surface area contributed by atoms with E-state index in [9.17, 15) is 18.0 Å². The highest BCUT2D eigenvalue weighted by Gasteiger charge is 2.29. The maximum atomic E-state index is 13.4. The Labute approximate surface area is 214 Å². The SMILES string of the molecule is CCNC(=O)C(CC)N(Cc1ccccc1C)C(=O)CCCN(c1cccc(Cl)c1C)S(C)(=O)=O. The van der Waals surface area contributed by atoms with Gasteiger partial charge in [0, 0.05) is 31.1 Å². The summed E-state index contributed by atoms with van der Waals surface area (Å²) in [7, 11) is -3.59. The number of hydrogen-bond donors (Lipinski definition) is 1. The number of halogens is 1. The van der Waals surface area contributed by atoms with Gasteiger partial charge >= 0.3 is 0 Å². The first-order valence-electron chi connectivity index (χ1n) is 11.9. The molecular weight excluding hydrogens is 486 g/mol. The monoisotopic (exact) mass is 521 g/mol. The Kier molecular flexibility index (Phi) is 10.6. The minimum Gasteiger partial charge on any atom is -0.355 e. The van der Waals surface area contributed by atoms with Crippen LogP contribution >= 0.6 is 11.6 Å². The van der Waals surface area contributed by atoms with Crippen LogP contribution in [0.4, 0.5) is 5.69 Å². The minimum absolute atomic E-state index is 0.105. The van der Waals surface area contributed by atoms with Crippen LogP contribution in [-0.4, -0.2) is 50.5 Å². The van der Waals surface area contributed by atoms with Gasteiger partial charge in [0.15, 0.2) is 0 Å². The number of carbonyl (C=O) groups is 2. The number of likely N-dealkylation sites (N-methyl/N-ethyl adjacent to an activating group) is 1. The molecule has 0 aliphatic rings. The fraction of sp³-hybridized carbons (Fsp3) is 0.462. The first-order valence-corrected chi connectivity index (χ1v) is 14.1. The Morgan fingerprint density at radius 2 is 1.74 bits per heavy atom. The summed E-state index contributed by atoms with van der Waals surface area (Å²) in [6.45, 7) is 8.38. The summed E-state index contributed by atoms with van der Waals surface area (Å²) in [5, 5.41) is 3.30. The molecule has 0 aliphatic heterocycles. The van der Waals surface area contributed by atoms with E-state index < -0.39 is 16.1 Å². The topological polar surface area (TPSA) is 86.8 Å². The molecule has 0 heterocycles. The third kappa shape index (κ3) is 7.70. The quantitative estimate of drug-likeness (QED) is 0.447. The van der Waals surface area contributed by atoms with Crippen molar-refractivity contribution in [3.8, 4) is 0 Å². The Hall–Kier alpha value is -2.58. The highest BCUT2D eigenvalue weighted by Crippen LogP contribution is 2.28. The summed E-state index contributed by atoms with van der Waals surface area (Å²) in [5.41, 5.74) is 3.17. The molecule has 2 aromatic carbocycles. The lowest BCUT2D eigenvalue weighted by molar-refractivity contribution is -0.141. The number of sulfonamides is 1. The van der Waals surface area contributed by atoms with Crippen LogP contribution in [0.3, 0.4) is 0 Å². The van der Waals surface area contributed by atoms with Crippen molar-refractivity contribution in [1.82, 2.24) is 10.2 Å². The van der Waals surface area contributed by atoms with Crippen LogP contribution in [-0.2, 0) is 26.2 Å². The smallest absolute Gasteiger partial charge is 0.242 e. The van der Waals surface area contributed by atoms with Crippen LogP contribution < -0.4 is 9.62 Å². The van der Waals surface area contributed by atoms with Crippen molar-refractivity contribution in [1.29, 1.82) is 0 Å². The molecule has 0 bridgehead atoms. The largest absolute Gasteiger partial charge is 0.355 e. The average molecular weight is 522 g/mol. The number of rotatable bonds is 12. The van der Waals surface area contributed by atoms with E-state index in [2.05, 4.69) is 5.32 Å². The van der Waals surface area contributed by atoms with Gasteiger partial charge in [-0.25, -0.2) is 8.42 Å². The summed E-state index contributed by atoms with van der Waals surface area (Å²) in [4.78, 5) is 27.8. The molecule has 9 heteroatoms. The zero-order valence-electron chi connectivity index (χ0n) is 21.2. The van der Waals surface area contributed by atoms with Crippen molar-refractivity contribution in [2.75, 3.05) is 23.7 Å². The van der Waals surface area contributed by atoms with Gasteiger partial charge in [-0.1, -0.05) is 48.9 Å². The third-order valence-electron chi connectivity index (χ3n) is 6.00. The maximum absolute atomic E-state index is 13.4. The van der Waals surface area contributed by atoms with Crippen LogP contribution in [0.15, 0.2) is 42.5 Å². The summed E-state index contributed by atoms with van der Waals surface area (Å²) in [5.74, 6) is -0.383. The molecule has 2 aromatic rings. The molecular formula is C26H36ClN3O4S. The second-order valence-corrected chi connectivity index (χ2v) is 10.9. The third-order valence-corrected chi connectivity index (χ3v) is 7.59. The minimum atomic E-state index is -3.59. The molecule has 2 amide bonds. The Morgan fingerprint density at radius 1 is 1.06 bits per heavy atom. The molecule has 0 spiro atoms. The molecule has 7 nitrogen and oxygen atoms in total. The van der Waals surface area contributed by atoms with Gasteiger partial charge in [0.1, 0.15) is 6.04 Å². The molecule has 35 heavy (non-hydrogen) atoms. The van der Waals surface area contributed by atoms with Gasteiger partial charge in [0.25, 0.3) is 0 Å². The molecule has 1 unspecified atom stereocenters. The van der Waals surface area contributed by atoms with Crippen molar-refractivity contribution >= 4 is 39.1 Å². The number of amides is 2. The van der Waals surface area contributed by atoms with E-state index in [4.69, 9.17) is 11.6 Å². The van der Waals surface area contributed by atoms with Crippen LogP contribution in [0.25, 0.3) is 0 Å². The molecule has 0 radical (unpaired) electrons. The number of anilines is 1. The number of hydrogen-bond acceptors (Lipinski definition) is 4. The lowest BCUT2D eigenvalue weighted by Gasteiger charge is -2.31. The molecule has 0 aliphatic carbocycles. The molecule has 0 aromatic heterocycles. The lowest BCUT2D eigenvalue weighted by atomic mass is 10.1. The van der Waals surface area contributed by atoms with Gasteiger partial charge in [-0.15, -0.1) is 0 Å². The van der Waals surface area contributed by atoms with E-state index in [0.717, 1.165) is 17.4 Å². The Morgan fingerprint density at radius 3 is 2.34 bits per heavy atom. The summed E-state index contributed by atoms with van der Waals surface area (Å²) in [6, 6.07) is 12.3. The number of aryl methyl sites for hydroxylation is 1. The van der Waals surface area contributed by atoms with Gasteiger partial charge in [-0.2, -0.15) is 0 Å². The van der Waals surface area contributed by atoms with Crippen LogP contribution in [0.1, 0.15) is 49.8 Å². The summed E-state index contributed by atoms with van der Waals surface area (Å²) in [6.07, 6.45) is 2.02. The van der Waals surface area contributed by atoms with Crippen LogP contribution in [0.2, 0.25) is 5.02 Å². The van der Waals surface area contributed by atoms with Crippen molar-refractivity contribution in [2.24, 2.45) is 0 Å². The lowest BCUT2D eigenvalue weighted by Crippen LogP contribution is -2.49. The maximum Gasteiger partial charge on any atom is 0.242 e. The van der Waals surface area contributed by atoms with Crippen molar-refractivity contribution < 1.29 is 18.0 Å². The second kappa shape index (κ2) is 12.9. The predicted octanol–water partition coefficient (Wildman–Crippen LogP) is 4.45. The average Bonchev–Trinajstić information content (AvgIpc) is 2.79. The van der Waals surface area contributed by atoms with Gasteiger partial charge in [-0.05, 0) is 62.4 Å². The highest BCUT2D eigenvalue weighted by atomic mass is 35.5. The van der Waals surface area contributed by atoms with E-state index >= 15 is 0 Å². The zero-order valence-corrected chi connectivity index (χ0v) is 22.7. The van der Waals surface area contributed by atoms with Crippen LogP contribution in [0, 0.1) is 13.8 Å². The number of nitrogens with one attached hydrogen (secondary N) is 1. The molecule has 0 saturated carbocycles. The molecule has 1 N–H and O–H groups in total. The number of carbonyl (C=O) groups excluding carboxylic acids is 2. The predicted molar refractivity (Wildman–Crippen MR) is 142 cm³/mol. The van der Waals surface area contributed by atoms with Gasteiger partial charge < -0.3 is 10.2 Å². The summed E-state index contributed by atoms with van der Waals surface area (Å²) < 4.78 is 26.4. The van der Waals surface area contributed by atoms with Crippen LogP contribution in [0.5, 0.6) is 0 Å². The first-order chi connectivity index (χ1) is 16.5. The molecule has 2 rings (SSSR count). The van der Waals surface area contributed by atoms with Crippen molar-refractivity contribution in [3.63, 3.8) is 0 Å². The van der Waals surface area contributed by atoms with E-state index in [1.54, 1.807) is 30.0 Å². The molecule has 0 fully saturated rings. The molecule has 192 valence electrons. The standard InChI is InChI=1S/C26H36ClN3O4S/c1-6-23(26(32)28-7-2)29(18-21-13-9-8-12-19(21)3)25(31)16-11-17-30(35(5,33)34)24-15-10-14-22(27)20(24)4/h8-10,12-15,23H,6-7,11,16-18H2,1-5H3,(H,28,32). The van der Waals surface area contributed by atoms with E-state index in [1.165, 1.54) is 4.31 Å². The Balaban J connectivity index is 2.25. The van der Waals surface area contributed by atoms with Gasteiger partial charge in [-0.3, -0.25) is 13.9 Å². The molecule has 0 saturated heterocycles. The zero-order chi connectivity index (χ0) is 26.2. The van der Waals surface area contributed by atoms with Crippen molar-refractivity contribution in [3.05, 3.63) is 64.2 Å². The van der Waals surface area contributed by atoms with Crippen molar-refractivity contribution in [2.45, 2.75) is 59.5 Å². The summed E-state index contributed by atoms with van der Waals surface area (Å²) >= 11 is 6.21. The highest BCUT2D eigenvalue weighted by molar-refractivity contribution is 7.92. The Bertz CT molecular complexity index is 1140. The second-order valence-electron chi connectivity index (χ2n) is 8.59. The number of nitrogens with zero attached hydrogens (tertiary/aromatic N) is 2. The normalized spacial score (nSPS) is 12.2. The van der Waals surface area contributed by atoms with E-state index in [-0.39, 0.29) is 24.8 Å². The van der Waals surface area contributed by atoms with E-state index in [1.807, 2.05) is 45.0 Å². The van der Waals surface area contributed by atoms with Gasteiger partial charge in [0.05, 0.1) is 11.9 Å². The van der Waals surface area contributed by atoms with E-state index in [0.29, 0.717) is 42.2 Å². The fourth-order valence-corrected chi connectivity index (χ4v) is 5.22. The fourth-order valence-electron chi connectivity index (χ4n) is 4.03. The first kappa shape index (κ1) is 28.7. The molecule has 1 atom stereocenters. The number of benzene rings is 2.